The Labute approximate surface area is 99.8 Å². The highest BCUT2D eigenvalue weighted by atomic mass is 32.1. The number of esters is 1. The molecule has 5 heteroatoms. The molecule has 0 fully saturated rings. The highest BCUT2D eigenvalue weighted by molar-refractivity contribution is 7.09. The molecule has 16 heavy (non-hydrogen) atoms. The van der Waals surface area contributed by atoms with Gasteiger partial charge in [-0.1, -0.05) is 26.2 Å². The Morgan fingerprint density at radius 3 is 2.94 bits per heavy atom. The number of nitrogens with zero attached hydrogens (tertiary/aromatic N) is 1. The lowest BCUT2D eigenvalue weighted by Gasteiger charge is -2.01. The minimum atomic E-state index is -0.340. The first-order valence-electron chi connectivity index (χ1n) is 5.59. The molecule has 0 radical (unpaired) electrons. The monoisotopic (exact) mass is 242 g/mol. The predicted octanol–water partition coefficient (Wildman–Crippen LogP) is 2.34. The molecule has 0 unspecified atom stereocenters. The van der Waals surface area contributed by atoms with Gasteiger partial charge in [-0.25, -0.2) is 9.78 Å². The first kappa shape index (κ1) is 13.1. The smallest absolute Gasteiger partial charge is 0.357 e. The zero-order valence-corrected chi connectivity index (χ0v) is 10.4. The number of hydrogen-bond acceptors (Lipinski definition) is 5. The van der Waals surface area contributed by atoms with Crippen LogP contribution >= 0.6 is 11.3 Å². The van der Waals surface area contributed by atoms with E-state index in [4.69, 9.17) is 10.5 Å². The molecule has 0 saturated carbocycles. The number of aromatic nitrogens is 1. The van der Waals surface area contributed by atoms with Crippen LogP contribution in [-0.4, -0.2) is 17.6 Å². The maximum absolute atomic E-state index is 11.5. The maximum atomic E-state index is 11.5. The molecule has 0 bridgehead atoms. The SMILES string of the molecule is CCCCCCOC(=O)c1csc(CN)n1. The summed E-state index contributed by atoms with van der Waals surface area (Å²) in [6.07, 6.45) is 4.40. The molecule has 2 N–H and O–H groups in total. The molecule has 90 valence electrons. The van der Waals surface area contributed by atoms with Crippen molar-refractivity contribution in [3.05, 3.63) is 16.1 Å². The fraction of sp³-hybridized carbons (Fsp3) is 0.636. The van der Waals surface area contributed by atoms with Crippen molar-refractivity contribution in [1.29, 1.82) is 0 Å². The van der Waals surface area contributed by atoms with Gasteiger partial charge in [-0.3, -0.25) is 0 Å². The van der Waals surface area contributed by atoms with Gasteiger partial charge in [0.2, 0.25) is 0 Å². The molecule has 0 spiro atoms. The first-order chi connectivity index (χ1) is 7.77. The largest absolute Gasteiger partial charge is 0.461 e. The fourth-order valence-corrected chi connectivity index (χ4v) is 1.91. The van der Waals surface area contributed by atoms with Crippen LogP contribution < -0.4 is 5.73 Å². The van der Waals surface area contributed by atoms with Crippen molar-refractivity contribution < 1.29 is 9.53 Å². The van der Waals surface area contributed by atoms with Gasteiger partial charge in [0.25, 0.3) is 0 Å². The number of thiazole rings is 1. The summed E-state index contributed by atoms with van der Waals surface area (Å²) < 4.78 is 5.10. The molecule has 4 nitrogen and oxygen atoms in total. The number of carbonyl (C=O) groups is 1. The van der Waals surface area contributed by atoms with Crippen LogP contribution in [0.15, 0.2) is 5.38 Å². The second-order valence-corrected chi connectivity index (χ2v) is 4.47. The molecule has 0 aromatic carbocycles. The van der Waals surface area contributed by atoms with Crippen LogP contribution in [-0.2, 0) is 11.3 Å². The van der Waals surface area contributed by atoms with Gasteiger partial charge in [-0.15, -0.1) is 11.3 Å². The summed E-state index contributed by atoms with van der Waals surface area (Å²) in [4.78, 5) is 15.6. The second-order valence-electron chi connectivity index (χ2n) is 3.53. The lowest BCUT2D eigenvalue weighted by Crippen LogP contribution is -2.07. The zero-order valence-electron chi connectivity index (χ0n) is 9.57. The van der Waals surface area contributed by atoms with Crippen LogP contribution in [0.2, 0.25) is 0 Å². The van der Waals surface area contributed by atoms with Gasteiger partial charge in [-0.05, 0) is 6.42 Å². The van der Waals surface area contributed by atoms with Crippen molar-refractivity contribution in [2.24, 2.45) is 5.73 Å². The van der Waals surface area contributed by atoms with Crippen LogP contribution in [0.25, 0.3) is 0 Å². The topological polar surface area (TPSA) is 65.2 Å². The van der Waals surface area contributed by atoms with Crippen LogP contribution in [0, 0.1) is 0 Å². The second kappa shape index (κ2) is 7.35. The van der Waals surface area contributed by atoms with Crippen LogP contribution in [0.1, 0.15) is 48.1 Å². The Morgan fingerprint density at radius 1 is 1.50 bits per heavy atom. The number of rotatable bonds is 7. The third kappa shape index (κ3) is 4.28. The highest BCUT2D eigenvalue weighted by Crippen LogP contribution is 2.10. The molecular weight excluding hydrogens is 224 g/mol. The lowest BCUT2D eigenvalue weighted by molar-refractivity contribution is 0.0491. The molecule has 1 heterocycles. The van der Waals surface area contributed by atoms with E-state index in [9.17, 15) is 4.79 Å². The number of hydrogen-bond donors (Lipinski definition) is 1. The zero-order chi connectivity index (χ0) is 11.8. The summed E-state index contributed by atoms with van der Waals surface area (Å²) in [6, 6.07) is 0. The first-order valence-corrected chi connectivity index (χ1v) is 6.47. The Balaban J connectivity index is 2.24. The van der Waals surface area contributed by atoms with Crippen molar-refractivity contribution in [3.8, 4) is 0 Å². The summed E-state index contributed by atoms with van der Waals surface area (Å²) in [5.41, 5.74) is 5.79. The van der Waals surface area contributed by atoms with E-state index in [0.29, 0.717) is 18.8 Å². The number of carbonyl (C=O) groups excluding carboxylic acids is 1. The molecule has 1 rings (SSSR count). The Bertz CT molecular complexity index is 326. The van der Waals surface area contributed by atoms with Gasteiger partial charge in [0.05, 0.1) is 6.61 Å². The van der Waals surface area contributed by atoms with Gasteiger partial charge in [0, 0.05) is 11.9 Å². The minimum Gasteiger partial charge on any atom is -0.461 e. The van der Waals surface area contributed by atoms with Crippen molar-refractivity contribution in [3.63, 3.8) is 0 Å². The standard InChI is InChI=1S/C11H18N2O2S/c1-2-3-4-5-6-15-11(14)9-8-16-10(7-12)13-9/h8H,2-7,12H2,1H3. The van der Waals surface area contributed by atoms with E-state index in [2.05, 4.69) is 11.9 Å². The summed E-state index contributed by atoms with van der Waals surface area (Å²) in [5.74, 6) is -0.340. The molecule has 0 saturated heterocycles. The van der Waals surface area contributed by atoms with Gasteiger partial charge >= 0.3 is 5.97 Å². The average Bonchev–Trinajstić information content (AvgIpc) is 2.77. The van der Waals surface area contributed by atoms with Crippen molar-refractivity contribution in [2.45, 2.75) is 39.2 Å². The lowest BCUT2D eigenvalue weighted by atomic mass is 10.2. The van der Waals surface area contributed by atoms with Gasteiger partial charge in [-0.2, -0.15) is 0 Å². The van der Waals surface area contributed by atoms with Gasteiger partial charge < -0.3 is 10.5 Å². The minimum absolute atomic E-state index is 0.340. The van der Waals surface area contributed by atoms with E-state index in [1.165, 1.54) is 24.2 Å². The van der Waals surface area contributed by atoms with Crippen molar-refractivity contribution in [1.82, 2.24) is 4.98 Å². The molecule has 1 aromatic rings. The Hall–Kier alpha value is -0.940. The Kier molecular flexibility index (Phi) is 6.03. The number of nitrogens with two attached hydrogens (primary N) is 1. The van der Waals surface area contributed by atoms with E-state index in [0.717, 1.165) is 17.8 Å². The molecule has 0 aliphatic rings. The fourth-order valence-electron chi connectivity index (χ4n) is 1.27. The quantitative estimate of drug-likeness (QED) is 0.588. The molecule has 0 atom stereocenters. The third-order valence-electron chi connectivity index (χ3n) is 2.17. The normalized spacial score (nSPS) is 10.4. The van der Waals surface area contributed by atoms with E-state index in [1.54, 1.807) is 5.38 Å². The van der Waals surface area contributed by atoms with Crippen molar-refractivity contribution >= 4 is 17.3 Å². The summed E-state index contributed by atoms with van der Waals surface area (Å²) in [7, 11) is 0. The predicted molar refractivity (Wildman–Crippen MR) is 64.4 cm³/mol. The van der Waals surface area contributed by atoms with Crippen molar-refractivity contribution in [2.75, 3.05) is 6.61 Å². The third-order valence-corrected chi connectivity index (χ3v) is 3.04. The van der Waals surface area contributed by atoms with Gasteiger partial charge in [0.1, 0.15) is 5.01 Å². The number of unbranched alkanes of at least 4 members (excludes halogenated alkanes) is 3. The Morgan fingerprint density at radius 2 is 2.31 bits per heavy atom. The average molecular weight is 242 g/mol. The summed E-state index contributed by atoms with van der Waals surface area (Å²) >= 11 is 1.39. The van der Waals surface area contributed by atoms with E-state index in [1.807, 2.05) is 0 Å². The van der Waals surface area contributed by atoms with E-state index >= 15 is 0 Å². The molecule has 1 aromatic heterocycles. The summed E-state index contributed by atoms with van der Waals surface area (Å²) in [5, 5.41) is 2.45. The summed E-state index contributed by atoms with van der Waals surface area (Å²) in [6.45, 7) is 3.00. The maximum Gasteiger partial charge on any atom is 0.357 e. The molecule has 0 aliphatic carbocycles. The van der Waals surface area contributed by atoms with E-state index < -0.39 is 0 Å². The van der Waals surface area contributed by atoms with E-state index in [-0.39, 0.29) is 5.97 Å². The molecular formula is C11H18N2O2S. The van der Waals surface area contributed by atoms with Crippen LogP contribution in [0.4, 0.5) is 0 Å². The molecule has 0 amide bonds. The van der Waals surface area contributed by atoms with Crippen LogP contribution in [0.5, 0.6) is 0 Å². The number of ether oxygens (including phenoxy) is 1. The highest BCUT2D eigenvalue weighted by Gasteiger charge is 2.10. The van der Waals surface area contributed by atoms with Gasteiger partial charge in [0.15, 0.2) is 5.69 Å². The molecule has 0 aliphatic heterocycles. The van der Waals surface area contributed by atoms with Crippen LogP contribution in [0.3, 0.4) is 0 Å².